The Morgan fingerprint density at radius 3 is 1.64 bits per heavy atom. The van der Waals surface area contributed by atoms with E-state index in [0.29, 0.717) is 5.02 Å². The van der Waals surface area contributed by atoms with E-state index in [0.717, 1.165) is 100 Å². The Hall–Kier alpha value is -12.5. The van der Waals surface area contributed by atoms with Crippen molar-refractivity contribution in [2.75, 3.05) is 14.7 Å². The quantitative estimate of drug-likeness (QED) is 0.121. The molecule has 1 spiro atoms. The van der Waals surface area contributed by atoms with Gasteiger partial charge in [-0.05, 0) is 189 Å². The van der Waals surface area contributed by atoms with E-state index in [9.17, 15) is 0 Å². The summed E-state index contributed by atoms with van der Waals surface area (Å²) in [5.41, 5.74) is 24.7. The molecule has 0 N–H and O–H groups in total. The summed E-state index contributed by atoms with van der Waals surface area (Å²) in [6, 6.07) is 135. The molecule has 3 aliphatic rings. The maximum absolute atomic E-state index is 8.05. The number of benzene rings is 16. The molecule has 4 nitrogen and oxygen atoms in total. The molecular weight excluding hydrogens is 1470 g/mol. The second kappa shape index (κ2) is 26.3. The van der Waals surface area contributed by atoms with E-state index >= 15 is 0 Å². The maximum Gasteiger partial charge on any atom is 0.143 e. The molecule has 9 heteroatoms. The maximum atomic E-state index is 8.05. The van der Waals surface area contributed by atoms with Crippen molar-refractivity contribution >= 4 is 187 Å². The molecule has 534 valence electrons. The van der Waals surface area contributed by atoms with Gasteiger partial charge in [-0.25, -0.2) is 0 Å². The number of rotatable bonds is 12. The predicted octanol–water partition coefficient (Wildman–Crippen LogP) is 31.4. The highest BCUT2D eigenvalue weighted by Crippen LogP contribution is 2.66. The Labute approximate surface area is 675 Å². The van der Waals surface area contributed by atoms with Gasteiger partial charge in [0.15, 0.2) is 0 Å². The third-order valence-electron chi connectivity index (χ3n) is 23.7. The lowest BCUT2D eigenvalue weighted by Crippen LogP contribution is -2.33. The fourth-order valence-corrected chi connectivity index (χ4v) is 24.0. The first kappa shape index (κ1) is 66.3. The fourth-order valence-electron chi connectivity index (χ4n) is 18.9. The number of halogens is 1. The van der Waals surface area contributed by atoms with Crippen molar-refractivity contribution in [3.05, 3.63) is 407 Å². The van der Waals surface area contributed by atoms with Gasteiger partial charge in [-0.3, -0.25) is 0 Å². The summed E-state index contributed by atoms with van der Waals surface area (Å²) in [5, 5.41) is 9.08. The molecule has 20 aromatic rings. The van der Waals surface area contributed by atoms with Gasteiger partial charge in [-0.15, -0.1) is 34.0 Å². The number of furan rings is 1. The summed E-state index contributed by atoms with van der Waals surface area (Å²) < 4.78 is 13.2. The Balaban J connectivity index is 0.772. The third kappa shape index (κ3) is 10.3. The van der Waals surface area contributed by atoms with Crippen molar-refractivity contribution in [3.8, 4) is 33.4 Å². The highest BCUT2D eigenvalue weighted by atomic mass is 35.5. The van der Waals surface area contributed by atoms with Crippen molar-refractivity contribution in [3.63, 3.8) is 0 Å². The molecular formula is C104H66ClN3OS4. The first-order chi connectivity index (χ1) is 55.9. The normalized spacial score (nSPS) is 15.4. The molecule has 0 saturated heterocycles. The van der Waals surface area contributed by atoms with Gasteiger partial charge in [0, 0.05) is 143 Å². The average Bonchev–Trinajstić information content (AvgIpc) is 1.54. The Morgan fingerprint density at radius 2 is 0.912 bits per heavy atom. The summed E-state index contributed by atoms with van der Waals surface area (Å²) in [7, 11) is 0. The second-order valence-electron chi connectivity index (χ2n) is 29.8. The Kier molecular flexibility index (Phi) is 15.4. The zero-order valence-electron chi connectivity index (χ0n) is 61.1. The van der Waals surface area contributed by atoms with Gasteiger partial charge in [-0.1, -0.05) is 267 Å². The topological polar surface area (TPSA) is 22.9 Å². The van der Waals surface area contributed by atoms with Crippen molar-refractivity contribution < 1.29 is 4.42 Å². The van der Waals surface area contributed by atoms with Crippen LogP contribution >= 0.6 is 57.4 Å². The molecule has 3 unspecified atom stereocenters. The summed E-state index contributed by atoms with van der Waals surface area (Å²) >= 11 is 15.6. The fraction of sp³-hybridized carbons (Fsp3) is 0.0385. The van der Waals surface area contributed by atoms with Crippen LogP contribution in [0.15, 0.2) is 378 Å². The summed E-state index contributed by atoms with van der Waals surface area (Å²) in [5.74, 6) is 0.0713. The van der Waals surface area contributed by atoms with Crippen LogP contribution in [-0.4, -0.2) is 0 Å². The van der Waals surface area contributed by atoms with E-state index in [1.54, 1.807) is 0 Å². The molecule has 4 aromatic heterocycles. The molecule has 0 radical (unpaired) electrons. The van der Waals surface area contributed by atoms with Crippen LogP contribution in [-0.2, 0) is 5.41 Å². The van der Waals surface area contributed by atoms with Crippen LogP contribution in [0.4, 0.5) is 45.5 Å². The van der Waals surface area contributed by atoms with Gasteiger partial charge >= 0.3 is 0 Å². The van der Waals surface area contributed by atoms with Crippen LogP contribution in [0.25, 0.3) is 117 Å². The van der Waals surface area contributed by atoms with Gasteiger partial charge in [0.1, 0.15) is 11.2 Å². The minimum absolute atomic E-state index is 0.0713. The lowest BCUT2D eigenvalue weighted by Gasteiger charge is -2.43. The molecule has 2 aliphatic carbocycles. The Morgan fingerprint density at radius 1 is 0.354 bits per heavy atom. The number of para-hydroxylation sites is 5. The number of anilines is 8. The van der Waals surface area contributed by atoms with Crippen LogP contribution in [0.5, 0.6) is 0 Å². The van der Waals surface area contributed by atoms with Crippen LogP contribution in [0, 0.1) is 5.92 Å². The molecule has 0 bridgehead atoms. The number of fused-ring (bicyclic) bond motifs is 21. The van der Waals surface area contributed by atoms with Gasteiger partial charge in [-0.2, -0.15) is 0 Å². The van der Waals surface area contributed by atoms with Gasteiger partial charge in [0.05, 0.1) is 17.1 Å². The SMILES string of the molecule is CC1C(c2ccccc2)=Cc2sc3ccccc3c2C1N(c1ccccc1)c1ccc2c(c1)Sc1cc(N(c3ccccc3)c3cc(-c4ccccc4)cc4sc5ccccc5c34)ccc1C21c2ccc(N(c3ccccc3)c3cc(-c4cccc5c4oc4ccccc45)c4sc5ccccc5c4c3)cc2-c2c(Cl)cccc21. The molecule has 0 saturated carbocycles. The number of hydrogen-bond donors (Lipinski definition) is 0. The lowest BCUT2D eigenvalue weighted by atomic mass is 9.67. The molecule has 23 rings (SSSR count). The minimum Gasteiger partial charge on any atom is -0.455 e. The molecule has 3 atom stereocenters. The number of thiophene rings is 3. The highest BCUT2D eigenvalue weighted by molar-refractivity contribution is 7.99. The van der Waals surface area contributed by atoms with Crippen LogP contribution in [0.1, 0.15) is 51.2 Å². The van der Waals surface area contributed by atoms with E-state index in [1.807, 2.05) is 45.8 Å². The molecule has 0 fully saturated rings. The van der Waals surface area contributed by atoms with Gasteiger partial charge < -0.3 is 19.1 Å². The van der Waals surface area contributed by atoms with Crippen molar-refractivity contribution in [2.45, 2.75) is 28.2 Å². The third-order valence-corrected chi connectivity index (χ3v) is 28.6. The van der Waals surface area contributed by atoms with Crippen molar-refractivity contribution in [1.29, 1.82) is 0 Å². The number of hydrogen-bond acceptors (Lipinski definition) is 8. The monoisotopic (exact) mass is 1540 g/mol. The molecule has 1 aliphatic heterocycles. The first-order valence-electron chi connectivity index (χ1n) is 38.5. The summed E-state index contributed by atoms with van der Waals surface area (Å²) in [4.78, 5) is 11.3. The standard InChI is InChI=1S/C104H66ClN3OS4/c1-63-80(65-29-9-3-10-30-65)62-97-100(79-40-20-24-48-93(79)111-97)101(63)108(69-35-15-6-16-36-69)72-51-54-86-95(61-72)112-94-60-71(107(68-33-13-5-14-34-68)89-55-66(64-27-7-2-8-28-64)56-96-99(89)78-39-19-23-47-92(78)110-96)50-53-85(94)104(86)84-52-49-70(57-83(84)98-87(104)43-26-44-88(98)105)106(67-31-11-4-12-32-67)73-58-81-75-38-18-22-46-91(75)113-103(81)82(59-73)77-42-25-41-76-74-37-17-21-45-90(74)109-102(76)77/h2-63,101H,1H3. The average molecular weight is 1540 g/mol. The van der Waals surface area contributed by atoms with Crippen LogP contribution < -0.4 is 14.7 Å². The van der Waals surface area contributed by atoms with E-state index in [-0.39, 0.29) is 12.0 Å². The Bertz CT molecular complexity index is 7290. The zero-order valence-corrected chi connectivity index (χ0v) is 65.2. The van der Waals surface area contributed by atoms with Gasteiger partial charge in [0.2, 0.25) is 0 Å². The van der Waals surface area contributed by atoms with Crippen LogP contribution in [0.2, 0.25) is 5.02 Å². The van der Waals surface area contributed by atoms with Crippen molar-refractivity contribution in [2.24, 2.45) is 5.92 Å². The summed E-state index contributed by atoms with van der Waals surface area (Å²) in [6.45, 7) is 2.45. The van der Waals surface area contributed by atoms with Gasteiger partial charge in [0.25, 0.3) is 0 Å². The predicted molar refractivity (Wildman–Crippen MR) is 483 cm³/mol. The van der Waals surface area contributed by atoms with Crippen LogP contribution in [0.3, 0.4) is 0 Å². The number of nitrogens with zero attached hydrogens (tertiary/aromatic N) is 3. The minimum atomic E-state index is -0.872. The highest BCUT2D eigenvalue weighted by Gasteiger charge is 2.52. The van der Waals surface area contributed by atoms with Crippen molar-refractivity contribution in [1.82, 2.24) is 0 Å². The largest absolute Gasteiger partial charge is 0.455 e. The molecule has 16 aromatic carbocycles. The van der Waals surface area contributed by atoms with E-state index in [2.05, 4.69) is 392 Å². The summed E-state index contributed by atoms with van der Waals surface area (Å²) in [6.07, 6.45) is 2.49. The zero-order chi connectivity index (χ0) is 74.6. The molecule has 113 heavy (non-hydrogen) atoms. The first-order valence-corrected chi connectivity index (χ1v) is 42.1. The van der Waals surface area contributed by atoms with E-state index in [1.165, 1.54) is 105 Å². The second-order valence-corrected chi connectivity index (χ2v) is 34.5. The molecule has 5 heterocycles. The van der Waals surface area contributed by atoms with E-state index < -0.39 is 5.41 Å². The smallest absolute Gasteiger partial charge is 0.143 e. The molecule has 0 amide bonds. The van der Waals surface area contributed by atoms with E-state index in [4.69, 9.17) is 16.0 Å². The lowest BCUT2D eigenvalue weighted by molar-refractivity contribution is 0.567.